The van der Waals surface area contributed by atoms with Crippen molar-refractivity contribution in [3.05, 3.63) is 24.8 Å². The molecule has 0 saturated carbocycles. The van der Waals surface area contributed by atoms with Crippen molar-refractivity contribution in [3.8, 4) is 0 Å². The van der Waals surface area contributed by atoms with E-state index >= 15 is 0 Å². The van der Waals surface area contributed by atoms with Crippen LogP contribution in [-0.4, -0.2) is 14.8 Å². The van der Waals surface area contributed by atoms with E-state index in [4.69, 9.17) is 0 Å². The molecule has 0 amide bonds. The van der Waals surface area contributed by atoms with Crippen LogP contribution in [0.25, 0.3) is 12.3 Å². The molecule has 1 aromatic rings. The maximum absolute atomic E-state index is 3.80. The number of aromatic nitrogens is 3. The second-order valence-corrected chi connectivity index (χ2v) is 1.78. The average Bonchev–Trinajstić information content (AvgIpc) is 2.56. The summed E-state index contributed by atoms with van der Waals surface area (Å²) in [6.45, 7) is 9.53. The van der Waals surface area contributed by atoms with Crippen LogP contribution >= 0.6 is 0 Å². The van der Waals surface area contributed by atoms with Crippen molar-refractivity contribution in [1.82, 2.24) is 14.8 Å². The fourth-order valence-electron chi connectivity index (χ4n) is 0.673. The molecule has 0 radical (unpaired) electrons. The third-order valence-corrected chi connectivity index (χ3v) is 1.09. The van der Waals surface area contributed by atoms with E-state index < -0.39 is 0 Å². The van der Waals surface area contributed by atoms with Gasteiger partial charge in [-0.3, -0.25) is 4.57 Å². The van der Waals surface area contributed by atoms with Crippen molar-refractivity contribution in [3.63, 3.8) is 0 Å². The number of nitrogens with zero attached hydrogens (tertiary/aromatic N) is 3. The van der Waals surface area contributed by atoms with E-state index in [1.807, 2.05) is 33.0 Å². The molecule has 0 aliphatic heterocycles. The second-order valence-electron chi connectivity index (χ2n) is 1.78. The van der Waals surface area contributed by atoms with Gasteiger partial charge < -0.3 is 0 Å². The summed E-state index contributed by atoms with van der Waals surface area (Å²) in [6, 6.07) is 0. The standard InChI is InChI=1S/C7H9N3.C2H6/c1-3-5-10-6-8-9-7(10)4-2;1-2/h3-6H,2H2,1H3;1-2H3/b5-3-;. The molecular weight excluding hydrogens is 150 g/mol. The predicted molar refractivity (Wildman–Crippen MR) is 52.5 cm³/mol. The van der Waals surface area contributed by atoms with Crippen LogP contribution in [0.5, 0.6) is 0 Å². The molecule has 0 fully saturated rings. The first-order valence-electron chi connectivity index (χ1n) is 4.03. The molecule has 3 nitrogen and oxygen atoms in total. The van der Waals surface area contributed by atoms with Crippen LogP contribution in [0.3, 0.4) is 0 Å². The van der Waals surface area contributed by atoms with Crippen molar-refractivity contribution < 1.29 is 0 Å². The van der Waals surface area contributed by atoms with E-state index in [1.165, 1.54) is 0 Å². The fraction of sp³-hybridized carbons (Fsp3) is 0.333. The first-order valence-corrected chi connectivity index (χ1v) is 4.03. The molecule has 1 heterocycles. The molecular formula is C9H15N3. The van der Waals surface area contributed by atoms with Crippen LogP contribution in [-0.2, 0) is 0 Å². The van der Waals surface area contributed by atoms with E-state index in [9.17, 15) is 0 Å². The first kappa shape index (κ1) is 10.6. The molecule has 0 atom stereocenters. The highest BCUT2D eigenvalue weighted by atomic mass is 15.2. The Morgan fingerprint density at radius 3 is 2.67 bits per heavy atom. The number of allylic oxidation sites excluding steroid dienone is 1. The van der Waals surface area contributed by atoms with Crippen LogP contribution in [0.4, 0.5) is 0 Å². The summed E-state index contributed by atoms with van der Waals surface area (Å²) in [5.41, 5.74) is 0. The van der Waals surface area contributed by atoms with Gasteiger partial charge in [-0.15, -0.1) is 10.2 Å². The van der Waals surface area contributed by atoms with Gasteiger partial charge >= 0.3 is 0 Å². The Balaban J connectivity index is 0.000000561. The Hall–Kier alpha value is -1.38. The number of hydrogen-bond donors (Lipinski definition) is 0. The first-order chi connectivity index (χ1) is 5.88. The average molecular weight is 165 g/mol. The fourth-order valence-corrected chi connectivity index (χ4v) is 0.673. The van der Waals surface area contributed by atoms with Gasteiger partial charge in [-0.05, 0) is 13.0 Å². The largest absolute Gasteiger partial charge is 0.289 e. The summed E-state index contributed by atoms with van der Waals surface area (Å²) >= 11 is 0. The highest BCUT2D eigenvalue weighted by Crippen LogP contribution is 1.95. The Morgan fingerprint density at radius 2 is 2.17 bits per heavy atom. The van der Waals surface area contributed by atoms with Crippen molar-refractivity contribution in [2.24, 2.45) is 0 Å². The third-order valence-electron chi connectivity index (χ3n) is 1.09. The summed E-state index contributed by atoms with van der Waals surface area (Å²) in [7, 11) is 0. The number of hydrogen-bond acceptors (Lipinski definition) is 2. The molecule has 1 aromatic heterocycles. The van der Waals surface area contributed by atoms with Gasteiger partial charge in [0.2, 0.25) is 0 Å². The van der Waals surface area contributed by atoms with Crippen LogP contribution in [0, 0.1) is 0 Å². The molecule has 12 heavy (non-hydrogen) atoms. The van der Waals surface area contributed by atoms with Gasteiger partial charge in [0.05, 0.1) is 0 Å². The summed E-state index contributed by atoms with van der Waals surface area (Å²) in [6.07, 6.45) is 7.08. The molecule has 66 valence electrons. The van der Waals surface area contributed by atoms with Gasteiger partial charge in [0.1, 0.15) is 6.33 Å². The normalized spacial score (nSPS) is 9.25. The highest BCUT2D eigenvalue weighted by Gasteiger charge is 1.92. The second kappa shape index (κ2) is 6.34. The molecule has 0 saturated heterocycles. The monoisotopic (exact) mass is 165 g/mol. The van der Waals surface area contributed by atoms with Crippen molar-refractivity contribution in [1.29, 1.82) is 0 Å². The Bertz CT molecular complexity index is 248. The minimum absolute atomic E-state index is 0.762. The zero-order valence-electron chi connectivity index (χ0n) is 7.86. The van der Waals surface area contributed by atoms with Gasteiger partial charge in [-0.25, -0.2) is 0 Å². The molecule has 0 unspecified atom stereocenters. The maximum Gasteiger partial charge on any atom is 0.159 e. The molecule has 0 N–H and O–H groups in total. The molecule has 0 spiro atoms. The van der Waals surface area contributed by atoms with E-state index in [0.717, 1.165) is 5.82 Å². The smallest absolute Gasteiger partial charge is 0.159 e. The van der Waals surface area contributed by atoms with Crippen LogP contribution in [0.1, 0.15) is 26.6 Å². The van der Waals surface area contributed by atoms with E-state index in [1.54, 1.807) is 17.0 Å². The predicted octanol–water partition coefficient (Wildman–Crippen LogP) is 2.44. The zero-order chi connectivity index (χ0) is 9.40. The molecule has 0 aliphatic carbocycles. The lowest BCUT2D eigenvalue weighted by atomic mass is 10.6. The van der Waals surface area contributed by atoms with Crippen molar-refractivity contribution >= 4 is 12.3 Å². The summed E-state index contributed by atoms with van der Waals surface area (Å²) in [5.74, 6) is 0.762. The summed E-state index contributed by atoms with van der Waals surface area (Å²) in [4.78, 5) is 0. The van der Waals surface area contributed by atoms with Gasteiger partial charge in [0.15, 0.2) is 5.82 Å². The van der Waals surface area contributed by atoms with Gasteiger partial charge in [0.25, 0.3) is 0 Å². The Labute approximate surface area is 73.4 Å². The van der Waals surface area contributed by atoms with E-state index in [2.05, 4.69) is 16.8 Å². The molecule has 3 heteroatoms. The minimum atomic E-state index is 0.762. The Morgan fingerprint density at radius 1 is 1.50 bits per heavy atom. The molecule has 0 aliphatic rings. The molecule has 0 bridgehead atoms. The summed E-state index contributed by atoms with van der Waals surface area (Å²) < 4.78 is 1.80. The van der Waals surface area contributed by atoms with E-state index in [-0.39, 0.29) is 0 Å². The van der Waals surface area contributed by atoms with Crippen molar-refractivity contribution in [2.45, 2.75) is 20.8 Å². The summed E-state index contributed by atoms with van der Waals surface area (Å²) in [5, 5.41) is 7.50. The van der Waals surface area contributed by atoms with Crippen LogP contribution in [0.2, 0.25) is 0 Å². The lowest BCUT2D eigenvalue weighted by Gasteiger charge is -1.90. The highest BCUT2D eigenvalue weighted by molar-refractivity contribution is 5.40. The third kappa shape index (κ3) is 2.70. The maximum atomic E-state index is 3.80. The van der Waals surface area contributed by atoms with Crippen LogP contribution < -0.4 is 0 Å². The van der Waals surface area contributed by atoms with Crippen molar-refractivity contribution in [2.75, 3.05) is 0 Å². The lowest BCUT2D eigenvalue weighted by Crippen LogP contribution is -1.86. The zero-order valence-corrected chi connectivity index (χ0v) is 7.86. The SMILES string of the molecule is C=Cc1nncn1/C=C\C.CC. The van der Waals surface area contributed by atoms with E-state index in [0.29, 0.717) is 0 Å². The number of rotatable bonds is 2. The topological polar surface area (TPSA) is 30.7 Å². The Kier molecular flexibility index (Phi) is 5.61. The molecule has 1 rings (SSSR count). The van der Waals surface area contributed by atoms with Crippen LogP contribution in [0.15, 0.2) is 19.0 Å². The lowest BCUT2D eigenvalue weighted by molar-refractivity contribution is 1.07. The van der Waals surface area contributed by atoms with Gasteiger partial charge in [0, 0.05) is 6.20 Å². The quantitative estimate of drug-likeness (QED) is 0.673. The minimum Gasteiger partial charge on any atom is -0.289 e. The van der Waals surface area contributed by atoms with Gasteiger partial charge in [-0.1, -0.05) is 26.5 Å². The molecule has 0 aromatic carbocycles. The van der Waals surface area contributed by atoms with Gasteiger partial charge in [-0.2, -0.15) is 0 Å².